The number of carbonyl (C=O) groups excluding carboxylic acids is 1. The van der Waals surface area contributed by atoms with Gasteiger partial charge in [-0.2, -0.15) is 0 Å². The summed E-state index contributed by atoms with van der Waals surface area (Å²) in [6.07, 6.45) is 2.68. The molecule has 0 bridgehead atoms. The lowest BCUT2D eigenvalue weighted by Gasteiger charge is -2.07. The zero-order valence-corrected chi connectivity index (χ0v) is 13.3. The topological polar surface area (TPSA) is 66.4 Å². The number of anilines is 1. The van der Waals surface area contributed by atoms with Crippen molar-refractivity contribution >= 4 is 28.2 Å². The van der Waals surface area contributed by atoms with Gasteiger partial charge in [-0.25, -0.2) is 4.79 Å². The summed E-state index contributed by atoms with van der Waals surface area (Å²) in [5.74, 6) is -1.22. The molecular weight excluding hydrogens is 298 g/mol. The molecule has 0 unspecified atom stereocenters. The molecule has 0 saturated carbocycles. The molecule has 4 nitrogen and oxygen atoms in total. The molecule has 2 N–H and O–H groups in total. The van der Waals surface area contributed by atoms with E-state index in [1.807, 2.05) is 26.0 Å². The summed E-state index contributed by atoms with van der Waals surface area (Å²) in [6.45, 7) is 3.94. The van der Waals surface area contributed by atoms with Gasteiger partial charge in [-0.05, 0) is 61.9 Å². The highest BCUT2D eigenvalue weighted by atomic mass is 32.1. The van der Waals surface area contributed by atoms with E-state index in [4.69, 9.17) is 0 Å². The van der Waals surface area contributed by atoms with Gasteiger partial charge in [-0.15, -0.1) is 11.3 Å². The van der Waals surface area contributed by atoms with Crippen molar-refractivity contribution in [3.05, 3.63) is 50.9 Å². The Bertz CT molecular complexity index is 776. The first-order valence-electron chi connectivity index (χ1n) is 7.24. The number of fused-ring (bicyclic) bond motifs is 1. The fourth-order valence-corrected chi connectivity index (χ4v) is 4.05. The molecule has 0 fully saturated rings. The highest BCUT2D eigenvalue weighted by Gasteiger charge is 2.27. The lowest BCUT2D eigenvalue weighted by atomic mass is 10.1. The Balaban J connectivity index is 1.91. The Labute approximate surface area is 132 Å². The molecule has 2 aromatic rings. The van der Waals surface area contributed by atoms with Gasteiger partial charge in [-0.1, -0.05) is 6.07 Å². The number of benzene rings is 1. The van der Waals surface area contributed by atoms with E-state index in [-0.39, 0.29) is 11.5 Å². The van der Waals surface area contributed by atoms with E-state index in [0.29, 0.717) is 10.6 Å². The summed E-state index contributed by atoms with van der Waals surface area (Å²) in [5, 5.41) is 12.7. The van der Waals surface area contributed by atoms with Crippen molar-refractivity contribution in [3.8, 4) is 0 Å². The van der Waals surface area contributed by atoms with E-state index in [9.17, 15) is 14.7 Å². The molecule has 3 rings (SSSR count). The molecule has 1 aliphatic rings. The Morgan fingerprint density at radius 1 is 1.18 bits per heavy atom. The normalized spacial score (nSPS) is 13.0. The average Bonchev–Trinajstić information content (AvgIpc) is 3.01. The number of rotatable bonds is 3. The molecule has 0 radical (unpaired) electrons. The fourth-order valence-electron chi connectivity index (χ4n) is 2.78. The molecule has 0 spiro atoms. The largest absolute Gasteiger partial charge is 0.478 e. The molecule has 5 heteroatoms. The summed E-state index contributed by atoms with van der Waals surface area (Å²) in [4.78, 5) is 25.0. The zero-order chi connectivity index (χ0) is 15.9. The van der Waals surface area contributed by atoms with E-state index in [2.05, 4.69) is 5.32 Å². The molecule has 0 aliphatic heterocycles. The van der Waals surface area contributed by atoms with Crippen LogP contribution in [0.5, 0.6) is 0 Å². The van der Waals surface area contributed by atoms with Gasteiger partial charge in [0.25, 0.3) is 5.91 Å². The second kappa shape index (κ2) is 5.57. The van der Waals surface area contributed by atoms with Crippen molar-refractivity contribution in [1.29, 1.82) is 0 Å². The molecule has 22 heavy (non-hydrogen) atoms. The van der Waals surface area contributed by atoms with Crippen molar-refractivity contribution in [3.63, 3.8) is 0 Å². The van der Waals surface area contributed by atoms with Gasteiger partial charge in [0, 0.05) is 10.4 Å². The first-order valence-corrected chi connectivity index (χ1v) is 8.05. The molecule has 1 aliphatic carbocycles. The molecule has 0 saturated heterocycles. The maximum atomic E-state index is 12.4. The van der Waals surface area contributed by atoms with Crippen LogP contribution in [0.1, 0.15) is 48.7 Å². The number of amides is 1. The van der Waals surface area contributed by atoms with Crippen molar-refractivity contribution in [1.82, 2.24) is 0 Å². The molecule has 1 heterocycles. The highest BCUT2D eigenvalue weighted by Crippen LogP contribution is 2.39. The van der Waals surface area contributed by atoms with Gasteiger partial charge in [0.1, 0.15) is 5.00 Å². The third kappa shape index (κ3) is 2.52. The van der Waals surface area contributed by atoms with Gasteiger partial charge in [0.05, 0.1) is 5.56 Å². The summed E-state index contributed by atoms with van der Waals surface area (Å²) in [6, 6.07) is 5.49. The number of carboxylic acid groups (broad SMARTS) is 1. The van der Waals surface area contributed by atoms with Crippen LogP contribution in [0.3, 0.4) is 0 Å². The minimum absolute atomic E-state index is 0.259. The average molecular weight is 315 g/mol. The summed E-state index contributed by atoms with van der Waals surface area (Å²) in [5.41, 5.74) is 3.88. The molecule has 0 atom stereocenters. The molecule has 114 valence electrons. The number of hydrogen-bond donors (Lipinski definition) is 2. The van der Waals surface area contributed by atoms with Crippen LogP contribution in [0.2, 0.25) is 0 Å². The van der Waals surface area contributed by atoms with Crippen LogP contribution in [-0.2, 0) is 12.8 Å². The molecule has 1 aromatic carbocycles. The second-order valence-electron chi connectivity index (χ2n) is 5.62. The Morgan fingerprint density at radius 3 is 2.64 bits per heavy atom. The van der Waals surface area contributed by atoms with Crippen LogP contribution < -0.4 is 5.32 Å². The van der Waals surface area contributed by atoms with E-state index in [0.717, 1.165) is 40.8 Å². The monoisotopic (exact) mass is 315 g/mol. The van der Waals surface area contributed by atoms with Gasteiger partial charge >= 0.3 is 5.97 Å². The van der Waals surface area contributed by atoms with Gasteiger partial charge in [-0.3, -0.25) is 4.79 Å². The standard InChI is InChI=1S/C17H17NO3S/c1-9-6-7-11(8-10(9)2)15(19)18-16-14(17(20)21)12-4-3-5-13(12)22-16/h6-8H,3-5H2,1-2H3,(H,18,19)(H,20,21). The van der Waals surface area contributed by atoms with Crippen molar-refractivity contribution in [2.45, 2.75) is 33.1 Å². The smallest absolute Gasteiger partial charge is 0.339 e. The lowest BCUT2D eigenvalue weighted by Crippen LogP contribution is -2.14. The predicted molar refractivity (Wildman–Crippen MR) is 87.2 cm³/mol. The number of aryl methyl sites for hydroxylation is 3. The minimum Gasteiger partial charge on any atom is -0.478 e. The van der Waals surface area contributed by atoms with Crippen molar-refractivity contribution < 1.29 is 14.7 Å². The number of nitrogens with one attached hydrogen (secondary N) is 1. The van der Waals surface area contributed by atoms with Gasteiger partial charge in [0.15, 0.2) is 0 Å². The molecular formula is C17H17NO3S. The second-order valence-corrected chi connectivity index (χ2v) is 6.72. The number of thiophene rings is 1. The molecule has 1 aromatic heterocycles. The van der Waals surface area contributed by atoms with E-state index >= 15 is 0 Å². The van der Waals surface area contributed by atoms with Crippen LogP contribution in [0.15, 0.2) is 18.2 Å². The van der Waals surface area contributed by atoms with Gasteiger partial charge < -0.3 is 10.4 Å². The van der Waals surface area contributed by atoms with Crippen molar-refractivity contribution in [2.24, 2.45) is 0 Å². The quantitative estimate of drug-likeness (QED) is 0.905. The minimum atomic E-state index is -0.963. The van der Waals surface area contributed by atoms with E-state index in [1.54, 1.807) is 6.07 Å². The molecule has 1 amide bonds. The SMILES string of the molecule is Cc1ccc(C(=O)Nc2sc3c(c2C(=O)O)CCC3)cc1C. The Hall–Kier alpha value is -2.14. The first kappa shape index (κ1) is 14.8. The van der Waals surface area contributed by atoms with Crippen LogP contribution in [0, 0.1) is 13.8 Å². The number of aromatic carboxylic acids is 1. The maximum Gasteiger partial charge on any atom is 0.339 e. The number of carbonyl (C=O) groups is 2. The number of hydrogen-bond acceptors (Lipinski definition) is 3. The van der Waals surface area contributed by atoms with Crippen LogP contribution >= 0.6 is 11.3 Å². The summed E-state index contributed by atoms with van der Waals surface area (Å²) in [7, 11) is 0. The summed E-state index contributed by atoms with van der Waals surface area (Å²) < 4.78 is 0. The van der Waals surface area contributed by atoms with E-state index < -0.39 is 5.97 Å². The van der Waals surface area contributed by atoms with Crippen LogP contribution in [0.4, 0.5) is 5.00 Å². The Kier molecular flexibility index (Phi) is 3.74. The Morgan fingerprint density at radius 2 is 1.95 bits per heavy atom. The van der Waals surface area contributed by atoms with Crippen LogP contribution in [-0.4, -0.2) is 17.0 Å². The third-order valence-electron chi connectivity index (χ3n) is 4.13. The first-order chi connectivity index (χ1) is 10.5. The maximum absolute atomic E-state index is 12.4. The van der Waals surface area contributed by atoms with E-state index in [1.165, 1.54) is 11.3 Å². The van der Waals surface area contributed by atoms with Crippen molar-refractivity contribution in [2.75, 3.05) is 5.32 Å². The van der Waals surface area contributed by atoms with Gasteiger partial charge in [0.2, 0.25) is 0 Å². The number of carboxylic acids is 1. The fraction of sp³-hybridized carbons (Fsp3) is 0.294. The zero-order valence-electron chi connectivity index (χ0n) is 12.5. The third-order valence-corrected chi connectivity index (χ3v) is 5.34. The predicted octanol–water partition coefficient (Wildman–Crippen LogP) is 3.80. The summed E-state index contributed by atoms with van der Waals surface area (Å²) >= 11 is 1.39. The highest BCUT2D eigenvalue weighted by molar-refractivity contribution is 7.17. The lowest BCUT2D eigenvalue weighted by molar-refractivity contribution is 0.0697. The van der Waals surface area contributed by atoms with Crippen LogP contribution in [0.25, 0.3) is 0 Å².